The zero-order valence-corrected chi connectivity index (χ0v) is 25.8. The number of carboxylic acids is 1. The highest BCUT2D eigenvalue weighted by Crippen LogP contribution is 2.36. The molecule has 0 saturated carbocycles. The summed E-state index contributed by atoms with van der Waals surface area (Å²) in [5.74, 6) is -4.40. The smallest absolute Gasteiger partial charge is 0.337 e. The Labute approximate surface area is 247 Å². The Kier molecular flexibility index (Phi) is 13.9. The van der Waals surface area contributed by atoms with Gasteiger partial charge in [0.1, 0.15) is 6.61 Å². The molecular weight excluding hydrogens is 821 g/mol. The van der Waals surface area contributed by atoms with Crippen LogP contribution in [0.5, 0.6) is 0 Å². The summed E-state index contributed by atoms with van der Waals surface area (Å²) in [5, 5.41) is 14.9. The third-order valence-electron chi connectivity index (χ3n) is 4.18. The molecule has 2 amide bonds. The maximum absolute atomic E-state index is 13.1. The lowest BCUT2D eigenvalue weighted by Crippen LogP contribution is -2.38. The Hall–Kier alpha value is -1.77. The lowest BCUT2D eigenvalue weighted by Gasteiger charge is -2.20. The number of benzene rings is 1. The first-order chi connectivity index (χ1) is 16.8. The van der Waals surface area contributed by atoms with E-state index in [-0.39, 0.29) is 60.1 Å². The Morgan fingerprint density at radius 2 is 1.50 bits per heavy atom. The Morgan fingerprint density at radius 3 is 2.03 bits per heavy atom. The molecule has 0 bridgehead atoms. The molecule has 0 heterocycles. The van der Waals surface area contributed by atoms with Gasteiger partial charge in [-0.15, -0.1) is 0 Å². The van der Waals surface area contributed by atoms with Crippen molar-refractivity contribution in [2.24, 2.45) is 0 Å². The van der Waals surface area contributed by atoms with E-state index in [0.29, 0.717) is 0 Å². The van der Waals surface area contributed by atoms with Crippen LogP contribution in [0.3, 0.4) is 0 Å². The number of hydrogen-bond acceptors (Lipinski definition) is 9. The molecule has 0 aromatic heterocycles. The van der Waals surface area contributed by atoms with E-state index in [0.717, 1.165) is 6.92 Å². The van der Waals surface area contributed by atoms with Gasteiger partial charge in [-0.2, -0.15) is 0 Å². The van der Waals surface area contributed by atoms with Gasteiger partial charge in [0.15, 0.2) is 6.10 Å². The summed E-state index contributed by atoms with van der Waals surface area (Å²) in [6.45, 7) is 3.62. The molecule has 0 fully saturated rings. The van der Waals surface area contributed by atoms with Crippen LogP contribution in [0.1, 0.15) is 54.3 Å². The summed E-state index contributed by atoms with van der Waals surface area (Å²) in [5.41, 5.74) is -0.118. The number of carbonyl (C=O) groups is 6. The van der Waals surface area contributed by atoms with E-state index in [1.54, 1.807) is 52.1 Å². The molecule has 1 rings (SSSR count). The maximum Gasteiger partial charge on any atom is 0.337 e. The molecule has 0 aliphatic heterocycles. The Balaban J connectivity index is 3.26. The first-order valence-electron chi connectivity index (χ1n) is 10.3. The summed E-state index contributed by atoms with van der Waals surface area (Å²) < 4.78 is 15.3. The number of halogens is 3. The summed E-state index contributed by atoms with van der Waals surface area (Å²) in [6.07, 6.45) is -1.35. The standard InChI is InChI=1S/C21H23I3N2O10/c1-4-34-13(30)6-5-12(29)26-19-17(23)14(16(22)15(18(19)24)21(32)33)20(31)25-7-11(36-10(3)28)8-35-9(2)27/h11H,4-8H2,1-3H3,(H,25,31)(H,26,29)(H,32,33). The van der Waals surface area contributed by atoms with E-state index in [2.05, 4.69) is 10.6 Å². The molecule has 198 valence electrons. The van der Waals surface area contributed by atoms with Crippen molar-refractivity contribution < 1.29 is 48.1 Å². The molecule has 12 nitrogen and oxygen atoms in total. The second-order valence-electron chi connectivity index (χ2n) is 6.97. The normalized spacial score (nSPS) is 11.2. The molecule has 3 N–H and O–H groups in total. The Morgan fingerprint density at radius 1 is 0.889 bits per heavy atom. The van der Waals surface area contributed by atoms with E-state index in [1.165, 1.54) is 6.92 Å². The van der Waals surface area contributed by atoms with E-state index in [4.69, 9.17) is 14.2 Å². The van der Waals surface area contributed by atoms with Crippen LogP contribution in [0, 0.1) is 10.7 Å². The minimum atomic E-state index is -1.32. The number of nitrogens with one attached hydrogen (secondary N) is 2. The number of esters is 3. The molecule has 1 atom stereocenters. The van der Waals surface area contributed by atoms with Crippen molar-refractivity contribution in [1.82, 2.24) is 5.32 Å². The van der Waals surface area contributed by atoms with Crippen LogP contribution in [0.15, 0.2) is 0 Å². The van der Waals surface area contributed by atoms with Gasteiger partial charge in [-0.1, -0.05) is 0 Å². The van der Waals surface area contributed by atoms with Gasteiger partial charge >= 0.3 is 23.9 Å². The molecule has 0 radical (unpaired) electrons. The Bertz CT molecular complexity index is 1060. The summed E-state index contributed by atoms with van der Waals surface area (Å²) in [6, 6.07) is 0. The number of ether oxygens (including phenoxy) is 3. The summed E-state index contributed by atoms with van der Waals surface area (Å²) in [4.78, 5) is 71.5. The number of anilines is 1. The molecule has 0 spiro atoms. The summed E-state index contributed by atoms with van der Waals surface area (Å²) >= 11 is 5.31. The fourth-order valence-electron chi connectivity index (χ4n) is 2.69. The molecule has 0 saturated heterocycles. The third-order valence-corrected chi connectivity index (χ3v) is 7.42. The maximum atomic E-state index is 13.1. The van der Waals surface area contributed by atoms with Crippen LogP contribution in [-0.2, 0) is 33.4 Å². The van der Waals surface area contributed by atoms with Crippen molar-refractivity contribution >= 4 is 109 Å². The van der Waals surface area contributed by atoms with Gasteiger partial charge in [0.25, 0.3) is 5.91 Å². The second kappa shape index (κ2) is 15.5. The number of rotatable bonds is 12. The van der Waals surface area contributed by atoms with Crippen molar-refractivity contribution in [3.63, 3.8) is 0 Å². The minimum Gasteiger partial charge on any atom is -0.478 e. The van der Waals surface area contributed by atoms with Gasteiger partial charge in [0, 0.05) is 23.8 Å². The van der Waals surface area contributed by atoms with Crippen molar-refractivity contribution in [3.05, 3.63) is 21.8 Å². The predicted molar refractivity (Wildman–Crippen MR) is 151 cm³/mol. The zero-order chi connectivity index (χ0) is 27.6. The molecule has 0 aliphatic rings. The van der Waals surface area contributed by atoms with Crippen LogP contribution in [0.25, 0.3) is 0 Å². The SMILES string of the molecule is CCOC(=O)CCC(=O)Nc1c(I)c(C(=O)O)c(I)c(C(=O)NCC(COC(C)=O)OC(C)=O)c1I. The van der Waals surface area contributed by atoms with Crippen LogP contribution < -0.4 is 10.6 Å². The highest BCUT2D eigenvalue weighted by atomic mass is 127. The number of aromatic carboxylic acids is 1. The minimum absolute atomic E-state index is 0.0243. The first-order valence-corrected chi connectivity index (χ1v) is 13.5. The molecule has 1 aromatic rings. The van der Waals surface area contributed by atoms with Crippen LogP contribution in [-0.4, -0.2) is 66.7 Å². The second-order valence-corrected chi connectivity index (χ2v) is 10.2. The van der Waals surface area contributed by atoms with Gasteiger partial charge < -0.3 is 30.0 Å². The van der Waals surface area contributed by atoms with Crippen molar-refractivity contribution in [3.8, 4) is 0 Å². The monoisotopic (exact) mass is 844 g/mol. The fraction of sp³-hybridized carbons (Fsp3) is 0.429. The summed E-state index contributed by atoms with van der Waals surface area (Å²) in [7, 11) is 0. The molecular formula is C21H23I3N2O10. The van der Waals surface area contributed by atoms with Gasteiger partial charge in [-0.25, -0.2) is 4.79 Å². The lowest BCUT2D eigenvalue weighted by molar-refractivity contribution is -0.155. The van der Waals surface area contributed by atoms with Crippen LogP contribution in [0.2, 0.25) is 0 Å². The number of carboxylic acid groups (broad SMARTS) is 1. The molecule has 36 heavy (non-hydrogen) atoms. The van der Waals surface area contributed by atoms with E-state index >= 15 is 0 Å². The van der Waals surface area contributed by atoms with Gasteiger partial charge in [0.2, 0.25) is 5.91 Å². The number of hydrogen-bond donors (Lipinski definition) is 3. The third kappa shape index (κ3) is 9.94. The lowest BCUT2D eigenvalue weighted by atomic mass is 10.1. The number of amides is 2. The van der Waals surface area contributed by atoms with Crippen molar-refractivity contribution in [2.45, 2.75) is 39.7 Å². The molecule has 1 unspecified atom stereocenters. The topological polar surface area (TPSA) is 174 Å². The fourth-order valence-corrected chi connectivity index (χ4v) is 7.07. The van der Waals surface area contributed by atoms with Crippen LogP contribution >= 0.6 is 67.8 Å². The quantitative estimate of drug-likeness (QED) is 0.161. The zero-order valence-electron chi connectivity index (χ0n) is 19.4. The van der Waals surface area contributed by atoms with Crippen LogP contribution in [0.4, 0.5) is 5.69 Å². The van der Waals surface area contributed by atoms with Crippen molar-refractivity contribution in [1.29, 1.82) is 0 Å². The van der Waals surface area contributed by atoms with E-state index in [9.17, 15) is 33.9 Å². The molecule has 0 aliphatic carbocycles. The van der Waals surface area contributed by atoms with Gasteiger partial charge in [-0.3, -0.25) is 24.0 Å². The molecule has 15 heteroatoms. The first kappa shape index (κ1) is 32.3. The highest BCUT2D eigenvalue weighted by Gasteiger charge is 2.29. The van der Waals surface area contributed by atoms with E-state index < -0.39 is 41.8 Å². The highest BCUT2D eigenvalue weighted by molar-refractivity contribution is 14.1. The molecule has 1 aromatic carbocycles. The van der Waals surface area contributed by atoms with Crippen molar-refractivity contribution in [2.75, 3.05) is 25.1 Å². The number of carbonyl (C=O) groups excluding carboxylic acids is 5. The van der Waals surface area contributed by atoms with Gasteiger partial charge in [0.05, 0.1) is 43.5 Å². The largest absolute Gasteiger partial charge is 0.478 e. The predicted octanol–water partition coefficient (Wildman–Crippen LogP) is 2.71. The van der Waals surface area contributed by atoms with E-state index in [1.807, 2.05) is 22.6 Å². The van der Waals surface area contributed by atoms with Gasteiger partial charge in [-0.05, 0) is 74.7 Å². The average molecular weight is 844 g/mol. The average Bonchev–Trinajstić information content (AvgIpc) is 2.76.